The Kier molecular flexibility index (Phi) is 5.19. The molecule has 0 aliphatic heterocycles. The van der Waals surface area contributed by atoms with Crippen LogP contribution in [0.5, 0.6) is 0 Å². The van der Waals surface area contributed by atoms with Gasteiger partial charge >= 0.3 is 12.0 Å². The molecule has 0 unspecified atom stereocenters. The molecule has 3 rings (SSSR count). The molecule has 7 nitrogen and oxygen atoms in total. The van der Waals surface area contributed by atoms with Crippen molar-refractivity contribution in [1.29, 1.82) is 0 Å². The second kappa shape index (κ2) is 7.89. The Morgan fingerprint density at radius 3 is 2.50 bits per heavy atom. The largest absolute Gasteiger partial charge is 0.452 e. The lowest BCUT2D eigenvalue weighted by Crippen LogP contribution is -2.37. The van der Waals surface area contributed by atoms with Gasteiger partial charge in [-0.15, -0.1) is 0 Å². The SMILES string of the molecule is O=C(COC(=O)c1cccc2cccnc12)NC(=O)Nc1ccccc1. The first-order valence-corrected chi connectivity index (χ1v) is 7.80. The highest BCUT2D eigenvalue weighted by molar-refractivity contribution is 6.05. The molecule has 2 aromatic carbocycles. The average molecular weight is 349 g/mol. The number of carbonyl (C=O) groups excluding carboxylic acids is 3. The van der Waals surface area contributed by atoms with Crippen LogP contribution >= 0.6 is 0 Å². The monoisotopic (exact) mass is 349 g/mol. The van der Waals surface area contributed by atoms with Crippen molar-refractivity contribution in [1.82, 2.24) is 10.3 Å². The van der Waals surface area contributed by atoms with E-state index in [4.69, 9.17) is 4.74 Å². The summed E-state index contributed by atoms with van der Waals surface area (Å²) >= 11 is 0. The Balaban J connectivity index is 1.55. The van der Waals surface area contributed by atoms with Gasteiger partial charge in [-0.25, -0.2) is 9.59 Å². The van der Waals surface area contributed by atoms with Crippen LogP contribution in [0, 0.1) is 0 Å². The molecular weight excluding hydrogens is 334 g/mol. The van der Waals surface area contributed by atoms with Gasteiger partial charge in [-0.1, -0.05) is 36.4 Å². The van der Waals surface area contributed by atoms with Crippen molar-refractivity contribution in [3.05, 3.63) is 72.4 Å². The van der Waals surface area contributed by atoms with E-state index in [2.05, 4.69) is 15.6 Å². The summed E-state index contributed by atoms with van der Waals surface area (Å²) in [7, 11) is 0. The summed E-state index contributed by atoms with van der Waals surface area (Å²) in [5.41, 5.74) is 1.28. The number of fused-ring (bicyclic) bond motifs is 1. The Bertz CT molecular complexity index is 952. The van der Waals surface area contributed by atoms with Crippen LogP contribution < -0.4 is 10.6 Å². The van der Waals surface area contributed by atoms with E-state index in [1.807, 2.05) is 12.1 Å². The molecule has 3 aromatic rings. The number of nitrogens with zero attached hydrogens (tertiary/aromatic N) is 1. The van der Waals surface area contributed by atoms with Gasteiger partial charge < -0.3 is 10.1 Å². The number of rotatable bonds is 4. The van der Waals surface area contributed by atoms with Gasteiger partial charge in [-0.2, -0.15) is 0 Å². The number of benzene rings is 2. The first-order chi connectivity index (χ1) is 12.6. The van der Waals surface area contributed by atoms with Crippen molar-refractivity contribution in [2.45, 2.75) is 0 Å². The molecule has 3 amide bonds. The first-order valence-electron chi connectivity index (χ1n) is 7.80. The van der Waals surface area contributed by atoms with Gasteiger partial charge in [0.1, 0.15) is 0 Å². The summed E-state index contributed by atoms with van der Waals surface area (Å²) in [5.74, 6) is -1.42. The fraction of sp³-hybridized carbons (Fsp3) is 0.0526. The zero-order valence-electron chi connectivity index (χ0n) is 13.6. The minimum Gasteiger partial charge on any atom is -0.452 e. The summed E-state index contributed by atoms with van der Waals surface area (Å²) in [6.07, 6.45) is 1.57. The lowest BCUT2D eigenvalue weighted by Gasteiger charge is -2.08. The van der Waals surface area contributed by atoms with E-state index in [1.54, 1.807) is 54.7 Å². The summed E-state index contributed by atoms with van der Waals surface area (Å²) in [6, 6.07) is 16.6. The standard InChI is InChI=1S/C19H15N3O4/c23-16(22-19(25)21-14-8-2-1-3-9-14)12-26-18(24)15-10-4-6-13-7-5-11-20-17(13)15/h1-11H,12H2,(H2,21,22,23,25). The van der Waals surface area contributed by atoms with Crippen molar-refractivity contribution in [3.63, 3.8) is 0 Å². The van der Waals surface area contributed by atoms with E-state index in [0.717, 1.165) is 5.39 Å². The Morgan fingerprint density at radius 1 is 0.923 bits per heavy atom. The predicted octanol–water partition coefficient (Wildman–Crippen LogP) is 2.74. The van der Waals surface area contributed by atoms with Crippen molar-refractivity contribution in [2.24, 2.45) is 0 Å². The van der Waals surface area contributed by atoms with Crippen LogP contribution in [0.15, 0.2) is 66.9 Å². The molecule has 0 aliphatic carbocycles. The summed E-state index contributed by atoms with van der Waals surface area (Å²) in [6.45, 7) is -0.579. The quantitative estimate of drug-likeness (QED) is 0.706. The van der Waals surface area contributed by atoms with Gasteiger partial charge in [0.15, 0.2) is 6.61 Å². The molecule has 2 N–H and O–H groups in total. The Hall–Kier alpha value is -3.74. The number of para-hydroxylation sites is 2. The van der Waals surface area contributed by atoms with E-state index in [0.29, 0.717) is 11.2 Å². The van der Waals surface area contributed by atoms with E-state index in [9.17, 15) is 14.4 Å². The summed E-state index contributed by atoms with van der Waals surface area (Å²) in [4.78, 5) is 39.9. The van der Waals surface area contributed by atoms with Gasteiger partial charge in [0.25, 0.3) is 5.91 Å². The van der Waals surface area contributed by atoms with Crippen LogP contribution in [0.25, 0.3) is 10.9 Å². The smallest absolute Gasteiger partial charge is 0.340 e. The maximum absolute atomic E-state index is 12.2. The molecule has 26 heavy (non-hydrogen) atoms. The highest BCUT2D eigenvalue weighted by Gasteiger charge is 2.15. The van der Waals surface area contributed by atoms with E-state index >= 15 is 0 Å². The number of aromatic nitrogens is 1. The van der Waals surface area contributed by atoms with Crippen LogP contribution in [-0.4, -0.2) is 29.5 Å². The molecule has 0 saturated carbocycles. The third kappa shape index (κ3) is 4.21. The first kappa shape index (κ1) is 17.1. The molecule has 0 saturated heterocycles. The van der Waals surface area contributed by atoms with Gasteiger partial charge in [-0.3, -0.25) is 15.1 Å². The van der Waals surface area contributed by atoms with E-state index in [-0.39, 0.29) is 5.56 Å². The van der Waals surface area contributed by atoms with Crippen molar-refractivity contribution in [3.8, 4) is 0 Å². The number of anilines is 1. The van der Waals surface area contributed by atoms with Crippen LogP contribution in [-0.2, 0) is 9.53 Å². The van der Waals surface area contributed by atoms with Crippen LogP contribution in [0.1, 0.15) is 10.4 Å². The van der Waals surface area contributed by atoms with Crippen LogP contribution in [0.2, 0.25) is 0 Å². The number of nitrogens with one attached hydrogen (secondary N) is 2. The normalized spacial score (nSPS) is 10.2. The molecule has 7 heteroatoms. The number of amides is 3. The number of hydrogen-bond donors (Lipinski definition) is 2. The van der Waals surface area contributed by atoms with Crippen molar-refractivity contribution < 1.29 is 19.1 Å². The fourth-order valence-electron chi connectivity index (χ4n) is 2.32. The molecule has 0 atom stereocenters. The maximum atomic E-state index is 12.2. The fourth-order valence-corrected chi connectivity index (χ4v) is 2.32. The molecule has 0 spiro atoms. The number of esters is 1. The Labute approximate surface area is 149 Å². The third-order valence-corrected chi connectivity index (χ3v) is 3.47. The topological polar surface area (TPSA) is 97.4 Å². The molecule has 0 bridgehead atoms. The molecule has 0 aliphatic rings. The van der Waals surface area contributed by atoms with Crippen LogP contribution in [0.4, 0.5) is 10.5 Å². The number of ether oxygens (including phenoxy) is 1. The lowest BCUT2D eigenvalue weighted by molar-refractivity contribution is -0.123. The molecule has 0 fully saturated rings. The second-order valence-electron chi connectivity index (χ2n) is 5.33. The molecule has 130 valence electrons. The average Bonchev–Trinajstić information content (AvgIpc) is 2.66. The van der Waals surface area contributed by atoms with Gasteiger partial charge in [0, 0.05) is 17.3 Å². The van der Waals surface area contributed by atoms with Gasteiger partial charge in [-0.05, 0) is 24.3 Å². The number of carbonyl (C=O) groups is 3. The lowest BCUT2D eigenvalue weighted by atomic mass is 10.1. The molecule has 0 radical (unpaired) electrons. The maximum Gasteiger partial charge on any atom is 0.340 e. The number of urea groups is 1. The molecule has 1 aromatic heterocycles. The zero-order chi connectivity index (χ0) is 18.4. The number of imide groups is 1. The summed E-state index contributed by atoms with van der Waals surface area (Å²) < 4.78 is 4.98. The Morgan fingerprint density at radius 2 is 1.69 bits per heavy atom. The van der Waals surface area contributed by atoms with E-state index < -0.39 is 24.5 Å². The third-order valence-electron chi connectivity index (χ3n) is 3.47. The van der Waals surface area contributed by atoms with Gasteiger partial charge in [0.05, 0.1) is 11.1 Å². The predicted molar refractivity (Wildman–Crippen MR) is 95.6 cm³/mol. The highest BCUT2D eigenvalue weighted by Crippen LogP contribution is 2.16. The van der Waals surface area contributed by atoms with Gasteiger partial charge in [0.2, 0.25) is 0 Å². The summed E-state index contributed by atoms with van der Waals surface area (Å²) in [5, 5.41) is 5.37. The minimum atomic E-state index is -0.736. The van der Waals surface area contributed by atoms with Crippen molar-refractivity contribution in [2.75, 3.05) is 11.9 Å². The number of hydrogen-bond acceptors (Lipinski definition) is 5. The second-order valence-corrected chi connectivity index (χ2v) is 5.33. The van der Waals surface area contributed by atoms with Crippen molar-refractivity contribution >= 4 is 34.5 Å². The number of pyridine rings is 1. The molecule has 1 heterocycles. The molecular formula is C19H15N3O4. The van der Waals surface area contributed by atoms with Crippen LogP contribution in [0.3, 0.4) is 0 Å². The van der Waals surface area contributed by atoms with E-state index in [1.165, 1.54) is 0 Å². The minimum absolute atomic E-state index is 0.254. The zero-order valence-corrected chi connectivity index (χ0v) is 13.6. The highest BCUT2D eigenvalue weighted by atomic mass is 16.5.